The van der Waals surface area contributed by atoms with Crippen molar-refractivity contribution in [3.8, 4) is 0 Å². The summed E-state index contributed by atoms with van der Waals surface area (Å²) in [4.78, 5) is 14.7. The van der Waals surface area contributed by atoms with Gasteiger partial charge in [-0.05, 0) is 37.1 Å². The molecule has 1 fully saturated rings. The van der Waals surface area contributed by atoms with Crippen LogP contribution < -0.4 is 11.1 Å². The molecule has 3 atom stereocenters. The van der Waals surface area contributed by atoms with E-state index in [1.807, 2.05) is 35.2 Å². The summed E-state index contributed by atoms with van der Waals surface area (Å²) >= 11 is 0. The van der Waals surface area contributed by atoms with Crippen LogP contribution in [0.1, 0.15) is 24.0 Å². The number of nitrogens with two attached hydrogens (primary N) is 1. The van der Waals surface area contributed by atoms with Gasteiger partial charge < -0.3 is 11.1 Å². The van der Waals surface area contributed by atoms with Gasteiger partial charge in [0.15, 0.2) is 0 Å². The number of benzene rings is 2. The molecule has 0 bridgehead atoms. The van der Waals surface area contributed by atoms with Gasteiger partial charge in [0.2, 0.25) is 5.91 Å². The fraction of sp³-hybridized carbons (Fsp3) is 0.381. The van der Waals surface area contributed by atoms with E-state index >= 15 is 0 Å². The van der Waals surface area contributed by atoms with Crippen molar-refractivity contribution < 1.29 is 18.0 Å². The van der Waals surface area contributed by atoms with E-state index < -0.39 is 23.7 Å². The monoisotopic (exact) mass is 427 g/mol. The zero-order valence-corrected chi connectivity index (χ0v) is 16.8. The van der Waals surface area contributed by atoms with Crippen molar-refractivity contribution in [2.45, 2.75) is 25.1 Å². The Balaban J connectivity index is 0.00000300. The lowest BCUT2D eigenvalue weighted by molar-refractivity contribution is -0.137. The highest BCUT2D eigenvalue weighted by molar-refractivity contribution is 5.95. The molecular weight excluding hydrogens is 403 g/mol. The molecule has 1 heterocycles. The van der Waals surface area contributed by atoms with Crippen LogP contribution in [0.2, 0.25) is 0 Å². The van der Waals surface area contributed by atoms with E-state index in [9.17, 15) is 18.0 Å². The van der Waals surface area contributed by atoms with Gasteiger partial charge in [0, 0.05) is 19.0 Å². The first-order chi connectivity index (χ1) is 13.3. The van der Waals surface area contributed by atoms with Crippen LogP contribution in [-0.4, -0.2) is 36.5 Å². The maximum atomic E-state index is 13.2. The molecule has 1 unspecified atom stereocenters. The number of carbonyl (C=O) groups is 1. The number of likely N-dealkylation sites (tertiary alicyclic amines) is 1. The summed E-state index contributed by atoms with van der Waals surface area (Å²) in [6.45, 7) is 3.47. The van der Waals surface area contributed by atoms with Crippen LogP contribution in [-0.2, 0) is 11.0 Å². The fourth-order valence-electron chi connectivity index (χ4n) is 3.78. The molecule has 158 valence electrons. The molecule has 1 saturated heterocycles. The van der Waals surface area contributed by atoms with Crippen LogP contribution in [0.4, 0.5) is 18.9 Å². The number of rotatable bonds is 5. The van der Waals surface area contributed by atoms with Gasteiger partial charge in [-0.2, -0.15) is 13.2 Å². The van der Waals surface area contributed by atoms with E-state index in [4.69, 9.17) is 5.73 Å². The summed E-state index contributed by atoms with van der Waals surface area (Å²) in [6.07, 6.45) is -4.52. The number of hydrogen-bond acceptors (Lipinski definition) is 3. The normalized spacial score (nSPS) is 20.7. The Kier molecular flexibility index (Phi) is 7.68. The predicted octanol–water partition coefficient (Wildman–Crippen LogP) is 4.13. The first-order valence-corrected chi connectivity index (χ1v) is 9.27. The van der Waals surface area contributed by atoms with Crippen molar-refractivity contribution in [1.29, 1.82) is 0 Å². The van der Waals surface area contributed by atoms with Crippen LogP contribution in [0, 0.1) is 5.92 Å². The standard InChI is InChI=1S/C21H24F3N3O.ClH/c1-14(20(28)26-19-10-6-5-9-18(19)21(22,23)24)27-12-16(11-25)17(13-27)15-7-3-2-4-8-15;/h2-10,14,16-17H,11-13,25H2,1H3,(H,26,28);1H/t14?,16-,17+;/m1./s1. The number of hydrogen-bond donors (Lipinski definition) is 2. The number of para-hydroxylation sites is 1. The van der Waals surface area contributed by atoms with Gasteiger partial charge in [0.1, 0.15) is 0 Å². The molecule has 8 heteroatoms. The van der Waals surface area contributed by atoms with Gasteiger partial charge in [-0.15, -0.1) is 12.4 Å². The number of carbonyl (C=O) groups excluding carboxylic acids is 1. The molecule has 0 aliphatic carbocycles. The number of alkyl halides is 3. The molecule has 29 heavy (non-hydrogen) atoms. The maximum absolute atomic E-state index is 13.2. The zero-order chi connectivity index (χ0) is 20.3. The Bertz CT molecular complexity index is 816. The minimum atomic E-state index is -4.52. The van der Waals surface area contributed by atoms with Crippen LogP contribution in [0.25, 0.3) is 0 Å². The Morgan fingerprint density at radius 1 is 1.14 bits per heavy atom. The van der Waals surface area contributed by atoms with Crippen molar-refractivity contribution in [2.24, 2.45) is 11.7 Å². The molecule has 4 nitrogen and oxygen atoms in total. The quantitative estimate of drug-likeness (QED) is 0.754. The second-order valence-electron chi connectivity index (χ2n) is 7.18. The molecule has 2 aromatic rings. The van der Waals surface area contributed by atoms with E-state index in [0.717, 1.165) is 11.6 Å². The Labute approximate surface area is 174 Å². The third-order valence-corrected chi connectivity index (χ3v) is 5.42. The van der Waals surface area contributed by atoms with Crippen LogP contribution in [0.3, 0.4) is 0 Å². The lowest BCUT2D eigenvalue weighted by Crippen LogP contribution is -2.41. The molecule has 1 aliphatic heterocycles. The van der Waals surface area contributed by atoms with Gasteiger partial charge in [0.05, 0.1) is 17.3 Å². The van der Waals surface area contributed by atoms with Crippen molar-refractivity contribution >= 4 is 24.0 Å². The molecule has 0 radical (unpaired) electrons. The van der Waals surface area contributed by atoms with Crippen LogP contribution in [0.5, 0.6) is 0 Å². The molecule has 2 aromatic carbocycles. The zero-order valence-electron chi connectivity index (χ0n) is 16.0. The number of halogens is 4. The molecule has 0 spiro atoms. The first kappa shape index (κ1) is 23.2. The maximum Gasteiger partial charge on any atom is 0.418 e. The van der Waals surface area contributed by atoms with E-state index in [2.05, 4.69) is 5.32 Å². The third kappa shape index (κ3) is 5.29. The molecule has 3 rings (SSSR count). The number of nitrogens with zero attached hydrogens (tertiary/aromatic N) is 1. The summed E-state index contributed by atoms with van der Waals surface area (Å²) in [5, 5.41) is 2.45. The smallest absolute Gasteiger partial charge is 0.330 e. The van der Waals surface area contributed by atoms with Gasteiger partial charge in [-0.3, -0.25) is 9.69 Å². The van der Waals surface area contributed by atoms with Crippen molar-refractivity contribution in [2.75, 3.05) is 25.0 Å². The number of anilines is 1. The molecular formula is C21H25ClF3N3O. The lowest BCUT2D eigenvalue weighted by atomic mass is 9.89. The summed E-state index contributed by atoms with van der Waals surface area (Å²) in [7, 11) is 0. The van der Waals surface area contributed by atoms with Crippen LogP contribution >= 0.6 is 12.4 Å². The molecule has 0 saturated carbocycles. The molecule has 3 N–H and O–H groups in total. The van der Waals surface area contributed by atoms with Crippen molar-refractivity contribution in [3.05, 3.63) is 65.7 Å². The Morgan fingerprint density at radius 2 is 1.76 bits per heavy atom. The highest BCUT2D eigenvalue weighted by atomic mass is 35.5. The fourth-order valence-corrected chi connectivity index (χ4v) is 3.78. The van der Waals surface area contributed by atoms with Crippen LogP contribution in [0.15, 0.2) is 54.6 Å². The Morgan fingerprint density at radius 3 is 2.38 bits per heavy atom. The van der Waals surface area contributed by atoms with E-state index in [-0.39, 0.29) is 29.9 Å². The average molecular weight is 428 g/mol. The van der Waals surface area contributed by atoms with E-state index in [1.54, 1.807) is 6.92 Å². The molecule has 1 aliphatic rings. The topological polar surface area (TPSA) is 58.4 Å². The van der Waals surface area contributed by atoms with Crippen molar-refractivity contribution in [1.82, 2.24) is 4.90 Å². The largest absolute Gasteiger partial charge is 0.418 e. The lowest BCUT2D eigenvalue weighted by Gasteiger charge is -2.24. The summed E-state index contributed by atoms with van der Waals surface area (Å²) < 4.78 is 39.5. The molecule has 0 aromatic heterocycles. The SMILES string of the molecule is CC(C(=O)Nc1ccccc1C(F)(F)F)N1C[C@@H](CN)[C@H](c2ccccc2)C1.Cl. The van der Waals surface area contributed by atoms with Crippen molar-refractivity contribution in [3.63, 3.8) is 0 Å². The molecule has 1 amide bonds. The minimum Gasteiger partial charge on any atom is -0.330 e. The average Bonchev–Trinajstić information content (AvgIpc) is 3.12. The predicted molar refractivity (Wildman–Crippen MR) is 110 cm³/mol. The van der Waals surface area contributed by atoms with Gasteiger partial charge in [-0.1, -0.05) is 42.5 Å². The summed E-state index contributed by atoms with van der Waals surface area (Å²) in [5.41, 5.74) is 6.03. The summed E-state index contributed by atoms with van der Waals surface area (Å²) in [6, 6.07) is 14.4. The number of amides is 1. The summed E-state index contributed by atoms with van der Waals surface area (Å²) in [5.74, 6) is -0.0646. The van der Waals surface area contributed by atoms with E-state index in [1.165, 1.54) is 18.2 Å². The van der Waals surface area contributed by atoms with Gasteiger partial charge >= 0.3 is 6.18 Å². The van der Waals surface area contributed by atoms with Gasteiger partial charge in [0.25, 0.3) is 0 Å². The van der Waals surface area contributed by atoms with Gasteiger partial charge in [-0.25, -0.2) is 0 Å². The second-order valence-corrected chi connectivity index (χ2v) is 7.18. The first-order valence-electron chi connectivity index (χ1n) is 9.27. The third-order valence-electron chi connectivity index (χ3n) is 5.42. The Hall–Kier alpha value is -2.09. The highest BCUT2D eigenvalue weighted by Crippen LogP contribution is 2.36. The number of nitrogens with one attached hydrogen (secondary N) is 1. The highest BCUT2D eigenvalue weighted by Gasteiger charge is 2.38. The van der Waals surface area contributed by atoms with E-state index in [0.29, 0.717) is 19.6 Å². The second kappa shape index (κ2) is 9.61. The minimum absolute atomic E-state index is 0.